The van der Waals surface area contributed by atoms with Crippen LogP contribution in [-0.4, -0.2) is 26.9 Å². The second kappa shape index (κ2) is 14.8. The molecule has 9 heteroatoms. The van der Waals surface area contributed by atoms with Crippen molar-refractivity contribution in [1.82, 2.24) is 0 Å². The summed E-state index contributed by atoms with van der Waals surface area (Å²) in [7, 11) is -6.43. The van der Waals surface area contributed by atoms with Gasteiger partial charge in [-0.2, -0.15) is 0 Å². The van der Waals surface area contributed by atoms with E-state index in [1.54, 1.807) is 0 Å². The predicted octanol–water partition coefficient (Wildman–Crippen LogP) is 4.14. The first-order valence-electron chi connectivity index (χ1n) is 11.5. The second-order valence-corrected chi connectivity index (χ2v) is 13.9. The van der Waals surface area contributed by atoms with Crippen molar-refractivity contribution in [3.05, 3.63) is 132 Å². The average Bonchev–Trinajstić information content (AvgIpc) is 2.90. The van der Waals surface area contributed by atoms with E-state index >= 15 is 0 Å². The zero-order valence-corrected chi connectivity index (χ0v) is 25.1. The minimum atomic E-state index is -6.00. The van der Waals surface area contributed by atoms with Crippen molar-refractivity contribution in [2.45, 2.75) is 0 Å². The van der Waals surface area contributed by atoms with Crippen molar-refractivity contribution in [3.63, 3.8) is 0 Å². The normalized spacial score (nSPS) is 12.0. The molecular formula is C29H29BF4IOPS. The monoisotopic (exact) mass is 670 g/mol. The van der Waals surface area contributed by atoms with E-state index in [1.165, 1.54) is 20.6 Å². The van der Waals surface area contributed by atoms with Crippen LogP contribution in [0, 0.1) is 0 Å². The van der Waals surface area contributed by atoms with Gasteiger partial charge in [0.2, 0.25) is 5.76 Å². The molecule has 0 aliphatic carbocycles. The van der Waals surface area contributed by atoms with E-state index in [0.29, 0.717) is 0 Å². The molecule has 0 heterocycles. The van der Waals surface area contributed by atoms with E-state index in [0.717, 1.165) is 11.3 Å². The summed E-state index contributed by atoms with van der Waals surface area (Å²) in [5, 5.41) is 4.04. The summed E-state index contributed by atoms with van der Waals surface area (Å²) >= 11 is 0. The van der Waals surface area contributed by atoms with Gasteiger partial charge in [0.15, 0.2) is 7.26 Å². The highest BCUT2D eigenvalue weighted by Crippen LogP contribution is 2.66. The maximum Gasteiger partial charge on any atom is 0.673 e. The third-order valence-corrected chi connectivity index (χ3v) is 12.5. The Bertz CT molecular complexity index is 1170. The third-order valence-electron chi connectivity index (χ3n) is 5.56. The molecule has 0 fully saturated rings. The zero-order valence-electron chi connectivity index (χ0n) is 21.3. The summed E-state index contributed by atoms with van der Waals surface area (Å²) < 4.78 is 46.6. The standard InChI is InChI=1S/C29H29OPS.BF4.HI/c1-30-28(24-16-8-4-9-17-24)29(32(2)3)31(25-18-10-5-11-19-25,26-20-12-6-13-21-26)27-22-14-7-15-23-27;2-1(3,4)5;/h4-23H,1-3H3;;1H/q+2;-1;/p-1/b29-28-;;. The van der Waals surface area contributed by atoms with Gasteiger partial charge in [-0.3, -0.25) is 0 Å². The highest BCUT2D eigenvalue weighted by atomic mass is 127. The highest BCUT2D eigenvalue weighted by molar-refractivity contribution is 8.17. The van der Waals surface area contributed by atoms with Crippen molar-refractivity contribution >= 4 is 47.1 Å². The molecule has 1 nitrogen and oxygen atoms in total. The summed E-state index contributed by atoms with van der Waals surface area (Å²) in [6.07, 6.45) is 4.64. The van der Waals surface area contributed by atoms with Crippen molar-refractivity contribution in [1.29, 1.82) is 0 Å². The summed E-state index contributed by atoms with van der Waals surface area (Å²) in [6, 6.07) is 43.5. The van der Waals surface area contributed by atoms with E-state index in [9.17, 15) is 17.3 Å². The molecule has 4 aromatic carbocycles. The van der Waals surface area contributed by atoms with Crippen molar-refractivity contribution in [2.24, 2.45) is 0 Å². The van der Waals surface area contributed by atoms with Gasteiger partial charge in [0.05, 0.1) is 18.0 Å². The Morgan fingerprint density at radius 2 is 0.895 bits per heavy atom. The first kappa shape index (κ1) is 31.9. The van der Waals surface area contributed by atoms with E-state index < -0.39 is 14.5 Å². The SMILES string of the molecule is CO/C(=C(\[S+](C)C)[P+](c1ccccc1)(c1ccccc1)c1ccccc1)c1ccccc1.F[B-](F)(F)F.[I-]. The van der Waals surface area contributed by atoms with Crippen LogP contribution in [0.2, 0.25) is 0 Å². The number of methoxy groups -OCH3 is 1. The summed E-state index contributed by atoms with van der Waals surface area (Å²) in [5.41, 5.74) is 1.12. The predicted molar refractivity (Wildman–Crippen MR) is 155 cm³/mol. The lowest BCUT2D eigenvalue weighted by atomic mass is 10.2. The van der Waals surface area contributed by atoms with Gasteiger partial charge in [-0.1, -0.05) is 84.9 Å². The molecule has 0 atom stereocenters. The van der Waals surface area contributed by atoms with Crippen LogP contribution in [0.5, 0.6) is 0 Å². The first-order valence-corrected chi connectivity index (χ1v) is 15.4. The van der Waals surface area contributed by atoms with Crippen LogP contribution < -0.4 is 39.9 Å². The van der Waals surface area contributed by atoms with E-state index in [-0.39, 0.29) is 34.9 Å². The molecule has 0 spiro atoms. The van der Waals surface area contributed by atoms with Gasteiger partial charge in [-0.05, 0) is 36.4 Å². The van der Waals surface area contributed by atoms with Crippen LogP contribution in [0.3, 0.4) is 0 Å². The second-order valence-electron chi connectivity index (χ2n) is 8.19. The number of hydrogen-bond donors (Lipinski definition) is 0. The molecule has 0 radical (unpaired) electrons. The van der Waals surface area contributed by atoms with Crippen molar-refractivity contribution in [2.75, 3.05) is 19.6 Å². The van der Waals surface area contributed by atoms with Gasteiger partial charge in [-0.15, -0.1) is 0 Å². The van der Waals surface area contributed by atoms with Gasteiger partial charge in [0.1, 0.15) is 28.4 Å². The molecule has 4 rings (SSSR count). The van der Waals surface area contributed by atoms with Gasteiger partial charge < -0.3 is 46.0 Å². The van der Waals surface area contributed by atoms with E-state index in [4.69, 9.17) is 4.74 Å². The molecule has 4 aromatic rings. The maximum atomic E-state index is 9.75. The van der Waals surface area contributed by atoms with Gasteiger partial charge in [-0.25, -0.2) is 0 Å². The molecule has 0 amide bonds. The van der Waals surface area contributed by atoms with Crippen molar-refractivity contribution in [3.8, 4) is 0 Å². The lowest BCUT2D eigenvalue weighted by Gasteiger charge is -2.27. The minimum Gasteiger partial charge on any atom is -1.00 e. The van der Waals surface area contributed by atoms with Gasteiger partial charge >= 0.3 is 11.9 Å². The lowest BCUT2D eigenvalue weighted by molar-refractivity contribution is -0.0000133. The van der Waals surface area contributed by atoms with Gasteiger partial charge in [0.25, 0.3) is 0 Å². The fraction of sp³-hybridized carbons (Fsp3) is 0.103. The Kier molecular flexibility index (Phi) is 12.4. The Morgan fingerprint density at radius 1 is 0.605 bits per heavy atom. The lowest BCUT2D eigenvalue weighted by Crippen LogP contribution is -3.00. The van der Waals surface area contributed by atoms with Crippen molar-refractivity contribution < 1.29 is 46.0 Å². The van der Waals surface area contributed by atoms with Crippen LogP contribution in [0.15, 0.2) is 126 Å². The Balaban J connectivity index is 0.000000774. The number of hydrogen-bond acceptors (Lipinski definition) is 1. The van der Waals surface area contributed by atoms with Crippen LogP contribution in [-0.2, 0) is 15.6 Å². The quantitative estimate of drug-likeness (QED) is 0.0719. The number of halogens is 5. The van der Waals surface area contributed by atoms with Crippen LogP contribution in [0.25, 0.3) is 5.76 Å². The Labute approximate surface area is 243 Å². The molecule has 38 heavy (non-hydrogen) atoms. The zero-order chi connectivity index (χ0) is 26.9. The molecule has 0 N–H and O–H groups in total. The summed E-state index contributed by atoms with van der Waals surface area (Å²) in [4.78, 5) is 0. The molecule has 0 bridgehead atoms. The van der Waals surface area contributed by atoms with Crippen LogP contribution >= 0.6 is 7.26 Å². The highest BCUT2D eigenvalue weighted by Gasteiger charge is 2.58. The molecule has 0 saturated carbocycles. The fourth-order valence-corrected chi connectivity index (χ4v) is 12.0. The molecule has 0 aliphatic rings. The average molecular weight is 670 g/mol. The molecule has 200 valence electrons. The number of benzene rings is 4. The fourth-order valence-electron chi connectivity index (χ4n) is 4.28. The minimum absolute atomic E-state index is 0. The van der Waals surface area contributed by atoms with Crippen LogP contribution in [0.4, 0.5) is 17.3 Å². The summed E-state index contributed by atoms with van der Waals surface area (Å²) in [5.74, 6) is 0.990. The Morgan fingerprint density at radius 3 is 1.16 bits per heavy atom. The number of rotatable bonds is 7. The molecule has 0 saturated heterocycles. The third kappa shape index (κ3) is 7.87. The first-order chi connectivity index (χ1) is 17.7. The molecule has 0 aliphatic heterocycles. The summed E-state index contributed by atoms with van der Waals surface area (Å²) in [6.45, 7) is 0. The van der Waals surface area contributed by atoms with E-state index in [1.807, 2.05) is 7.11 Å². The smallest absolute Gasteiger partial charge is 0.673 e. The largest absolute Gasteiger partial charge is 1.00 e. The molecule has 0 aromatic heterocycles. The van der Waals surface area contributed by atoms with Gasteiger partial charge in [0, 0.05) is 5.56 Å². The maximum absolute atomic E-state index is 9.75. The topological polar surface area (TPSA) is 9.23 Å². The molecular weight excluding hydrogens is 641 g/mol. The molecule has 0 unspecified atom stereocenters. The Hall–Kier alpha value is -2.29. The van der Waals surface area contributed by atoms with E-state index in [2.05, 4.69) is 134 Å². The number of ether oxygens (including phenoxy) is 1. The van der Waals surface area contributed by atoms with Crippen LogP contribution in [0.1, 0.15) is 5.56 Å².